The predicted octanol–water partition coefficient (Wildman–Crippen LogP) is 2.36. The molecule has 0 aliphatic carbocycles. The highest BCUT2D eigenvalue weighted by molar-refractivity contribution is 9.10. The van der Waals surface area contributed by atoms with Crippen molar-refractivity contribution in [3.05, 3.63) is 28.2 Å². The molecule has 0 unspecified atom stereocenters. The van der Waals surface area contributed by atoms with E-state index >= 15 is 0 Å². The van der Waals surface area contributed by atoms with E-state index in [-0.39, 0.29) is 12.5 Å². The van der Waals surface area contributed by atoms with Crippen LogP contribution in [0, 0.1) is 6.92 Å². The molecular weight excluding hydrogens is 286 g/mol. The van der Waals surface area contributed by atoms with E-state index in [1.807, 2.05) is 25.1 Å². The van der Waals surface area contributed by atoms with Crippen LogP contribution in [0.3, 0.4) is 0 Å². The number of carbonyl (C=O) groups is 1. The van der Waals surface area contributed by atoms with Crippen molar-refractivity contribution in [3.63, 3.8) is 0 Å². The molecule has 4 nitrogen and oxygen atoms in total. The topological polar surface area (TPSA) is 47.6 Å². The number of hydrogen-bond acceptors (Lipinski definition) is 3. The fourth-order valence-electron chi connectivity index (χ4n) is 1.21. The summed E-state index contributed by atoms with van der Waals surface area (Å²) < 4.78 is 10.8. The zero-order valence-electron chi connectivity index (χ0n) is 9.96. The predicted molar refractivity (Wildman–Crippen MR) is 70.2 cm³/mol. The van der Waals surface area contributed by atoms with Gasteiger partial charge in [0.2, 0.25) is 5.91 Å². The minimum Gasteiger partial charge on any atom is -0.382 e. The van der Waals surface area contributed by atoms with E-state index in [0.29, 0.717) is 13.2 Å². The number of methoxy groups -OCH3 is 1. The molecule has 1 aromatic rings. The Hall–Kier alpha value is -0.910. The molecule has 5 heteroatoms. The molecule has 0 aliphatic heterocycles. The lowest BCUT2D eigenvalue weighted by Crippen LogP contribution is -2.19. The first-order valence-electron chi connectivity index (χ1n) is 5.26. The van der Waals surface area contributed by atoms with Crippen molar-refractivity contribution in [1.29, 1.82) is 0 Å². The quantitative estimate of drug-likeness (QED) is 0.821. The van der Waals surface area contributed by atoms with Gasteiger partial charge in [0.1, 0.15) is 6.61 Å². The van der Waals surface area contributed by atoms with E-state index in [1.165, 1.54) is 0 Å². The van der Waals surface area contributed by atoms with Gasteiger partial charge in [0.05, 0.1) is 18.9 Å². The van der Waals surface area contributed by atoms with Crippen LogP contribution in [0.25, 0.3) is 0 Å². The van der Waals surface area contributed by atoms with Crippen molar-refractivity contribution in [1.82, 2.24) is 0 Å². The van der Waals surface area contributed by atoms with Crippen LogP contribution in [0.2, 0.25) is 0 Å². The molecule has 0 aliphatic rings. The number of nitrogens with one attached hydrogen (secondary N) is 1. The van der Waals surface area contributed by atoms with Crippen molar-refractivity contribution in [2.75, 3.05) is 32.2 Å². The standard InChI is InChI=1S/C12H16BrNO3/c1-9-3-4-11(10(13)7-9)14-12(15)8-17-6-5-16-2/h3-4,7H,5-6,8H2,1-2H3,(H,14,15). The largest absolute Gasteiger partial charge is 0.382 e. The number of aryl methyl sites for hydroxylation is 1. The maximum Gasteiger partial charge on any atom is 0.250 e. The number of ether oxygens (including phenoxy) is 2. The van der Waals surface area contributed by atoms with Crippen LogP contribution in [0.15, 0.2) is 22.7 Å². The third kappa shape index (κ3) is 5.30. The Bertz CT molecular complexity index is 382. The summed E-state index contributed by atoms with van der Waals surface area (Å²) in [5.41, 5.74) is 1.88. The van der Waals surface area contributed by atoms with Gasteiger partial charge in [-0.15, -0.1) is 0 Å². The van der Waals surface area contributed by atoms with Gasteiger partial charge in [-0.25, -0.2) is 0 Å². The zero-order chi connectivity index (χ0) is 12.7. The highest BCUT2D eigenvalue weighted by Gasteiger charge is 2.05. The second-order valence-corrected chi connectivity index (χ2v) is 4.43. The van der Waals surface area contributed by atoms with Crippen molar-refractivity contribution < 1.29 is 14.3 Å². The Morgan fingerprint density at radius 3 is 2.82 bits per heavy atom. The van der Waals surface area contributed by atoms with Gasteiger partial charge in [-0.1, -0.05) is 6.07 Å². The number of amides is 1. The molecule has 0 bridgehead atoms. The Kier molecular flexibility index (Phi) is 6.18. The Morgan fingerprint density at radius 2 is 2.18 bits per heavy atom. The molecule has 0 aromatic heterocycles. The van der Waals surface area contributed by atoms with Gasteiger partial charge in [0.15, 0.2) is 0 Å². The minimum atomic E-state index is -0.175. The number of anilines is 1. The lowest BCUT2D eigenvalue weighted by molar-refractivity contribution is -0.121. The van der Waals surface area contributed by atoms with E-state index < -0.39 is 0 Å². The molecule has 1 rings (SSSR count). The smallest absolute Gasteiger partial charge is 0.250 e. The number of benzene rings is 1. The average molecular weight is 302 g/mol. The lowest BCUT2D eigenvalue weighted by Gasteiger charge is -2.08. The van der Waals surface area contributed by atoms with Crippen molar-refractivity contribution in [2.45, 2.75) is 6.92 Å². The monoisotopic (exact) mass is 301 g/mol. The fourth-order valence-corrected chi connectivity index (χ4v) is 1.81. The number of carbonyl (C=O) groups excluding carboxylic acids is 1. The molecule has 0 saturated carbocycles. The Balaban J connectivity index is 2.40. The second kappa shape index (κ2) is 7.42. The van der Waals surface area contributed by atoms with Gasteiger partial charge in [-0.3, -0.25) is 4.79 Å². The van der Waals surface area contributed by atoms with Crippen LogP contribution in [0.4, 0.5) is 5.69 Å². The highest BCUT2D eigenvalue weighted by atomic mass is 79.9. The SMILES string of the molecule is COCCOCC(=O)Nc1ccc(C)cc1Br. The van der Waals surface area contributed by atoms with Gasteiger partial charge >= 0.3 is 0 Å². The Labute approximate surface area is 109 Å². The second-order valence-electron chi connectivity index (χ2n) is 3.58. The van der Waals surface area contributed by atoms with Crippen LogP contribution >= 0.6 is 15.9 Å². The number of hydrogen-bond donors (Lipinski definition) is 1. The maximum absolute atomic E-state index is 11.5. The minimum absolute atomic E-state index is 0.0314. The molecule has 1 amide bonds. The van der Waals surface area contributed by atoms with E-state index in [9.17, 15) is 4.79 Å². The average Bonchev–Trinajstić information content (AvgIpc) is 2.28. The maximum atomic E-state index is 11.5. The summed E-state index contributed by atoms with van der Waals surface area (Å²) >= 11 is 3.39. The molecule has 1 aromatic carbocycles. The van der Waals surface area contributed by atoms with Crippen LogP contribution in [-0.2, 0) is 14.3 Å². The molecule has 17 heavy (non-hydrogen) atoms. The summed E-state index contributed by atoms with van der Waals surface area (Å²) in [5, 5.41) is 2.76. The van der Waals surface area contributed by atoms with E-state index in [2.05, 4.69) is 21.2 Å². The zero-order valence-corrected chi connectivity index (χ0v) is 11.5. The first kappa shape index (κ1) is 14.2. The molecule has 94 valence electrons. The van der Waals surface area contributed by atoms with Gasteiger partial charge in [0, 0.05) is 11.6 Å². The van der Waals surface area contributed by atoms with E-state index in [0.717, 1.165) is 15.7 Å². The van der Waals surface area contributed by atoms with Gasteiger partial charge in [0.25, 0.3) is 0 Å². The molecular formula is C12H16BrNO3. The molecule has 0 spiro atoms. The summed E-state index contributed by atoms with van der Waals surface area (Å²) in [6, 6.07) is 5.74. The van der Waals surface area contributed by atoms with Crippen LogP contribution < -0.4 is 5.32 Å². The highest BCUT2D eigenvalue weighted by Crippen LogP contribution is 2.23. The summed E-state index contributed by atoms with van der Waals surface area (Å²) in [6.07, 6.45) is 0. The molecule has 1 N–H and O–H groups in total. The van der Waals surface area contributed by atoms with Gasteiger partial charge in [-0.2, -0.15) is 0 Å². The lowest BCUT2D eigenvalue weighted by atomic mass is 10.2. The summed E-state index contributed by atoms with van der Waals surface area (Å²) in [5.74, 6) is -0.175. The van der Waals surface area contributed by atoms with Crippen LogP contribution in [-0.4, -0.2) is 32.8 Å². The van der Waals surface area contributed by atoms with Crippen molar-refractivity contribution in [2.24, 2.45) is 0 Å². The van der Waals surface area contributed by atoms with Crippen LogP contribution in [0.5, 0.6) is 0 Å². The fraction of sp³-hybridized carbons (Fsp3) is 0.417. The first-order chi connectivity index (χ1) is 8.13. The van der Waals surface area contributed by atoms with Crippen LogP contribution in [0.1, 0.15) is 5.56 Å². The van der Waals surface area contributed by atoms with Gasteiger partial charge in [-0.05, 0) is 40.5 Å². The third-order valence-corrected chi connectivity index (χ3v) is 2.72. The summed E-state index contributed by atoms with van der Waals surface area (Å²) in [6.45, 7) is 2.92. The summed E-state index contributed by atoms with van der Waals surface area (Å²) in [7, 11) is 1.59. The molecule has 0 heterocycles. The molecule has 0 saturated heterocycles. The number of halogens is 1. The summed E-state index contributed by atoms with van der Waals surface area (Å²) in [4.78, 5) is 11.5. The van der Waals surface area contributed by atoms with E-state index in [1.54, 1.807) is 7.11 Å². The molecule has 0 radical (unpaired) electrons. The third-order valence-electron chi connectivity index (χ3n) is 2.06. The first-order valence-corrected chi connectivity index (χ1v) is 6.05. The van der Waals surface area contributed by atoms with Crippen molar-refractivity contribution >= 4 is 27.5 Å². The number of rotatable bonds is 6. The van der Waals surface area contributed by atoms with E-state index in [4.69, 9.17) is 9.47 Å². The normalized spacial score (nSPS) is 10.3. The molecule has 0 fully saturated rings. The van der Waals surface area contributed by atoms with Gasteiger partial charge < -0.3 is 14.8 Å². The van der Waals surface area contributed by atoms with Crippen molar-refractivity contribution in [3.8, 4) is 0 Å². The Morgan fingerprint density at radius 1 is 1.41 bits per heavy atom. The molecule has 0 atom stereocenters.